The molecule has 1 aromatic carbocycles. The third-order valence-corrected chi connectivity index (χ3v) is 5.04. The Morgan fingerprint density at radius 3 is 2.35 bits per heavy atom. The molecule has 1 saturated carbocycles. The van der Waals surface area contributed by atoms with E-state index < -0.39 is 11.7 Å². The Morgan fingerprint density at radius 1 is 1.00 bits per heavy atom. The number of benzene rings is 1. The molecule has 0 aromatic heterocycles. The molecule has 1 aliphatic carbocycles. The molecule has 0 N–H and O–H groups in total. The van der Waals surface area contributed by atoms with Crippen LogP contribution in [0.1, 0.15) is 49.7 Å². The quantitative estimate of drug-likeness (QED) is 0.780. The molecule has 1 aliphatic heterocycles. The van der Waals surface area contributed by atoms with Crippen LogP contribution in [-0.4, -0.2) is 19.0 Å². The van der Waals surface area contributed by atoms with Gasteiger partial charge in [0.25, 0.3) is 0 Å². The first-order valence-corrected chi connectivity index (χ1v) is 8.41. The molecular weight excluding hydrogens is 305 g/mol. The summed E-state index contributed by atoms with van der Waals surface area (Å²) in [4.78, 5) is 0. The molecule has 2 nitrogen and oxygen atoms in total. The molecular formula is C18H23F3O2. The summed E-state index contributed by atoms with van der Waals surface area (Å²) in [7, 11) is 0. The molecule has 1 unspecified atom stereocenters. The second-order valence-electron chi connectivity index (χ2n) is 6.64. The van der Waals surface area contributed by atoms with Gasteiger partial charge in [0.1, 0.15) is 0 Å². The van der Waals surface area contributed by atoms with Gasteiger partial charge in [0.05, 0.1) is 18.8 Å². The maximum absolute atomic E-state index is 12.6. The number of rotatable bonds is 3. The minimum atomic E-state index is -4.25. The molecule has 23 heavy (non-hydrogen) atoms. The van der Waals surface area contributed by atoms with Crippen LogP contribution in [0.5, 0.6) is 0 Å². The van der Waals surface area contributed by atoms with Crippen LogP contribution in [0.2, 0.25) is 0 Å². The van der Waals surface area contributed by atoms with Gasteiger partial charge in [0.15, 0.2) is 5.79 Å². The Morgan fingerprint density at radius 2 is 1.70 bits per heavy atom. The normalized spacial score (nSPS) is 24.7. The molecule has 0 amide bonds. The highest BCUT2D eigenvalue weighted by molar-refractivity contribution is 5.24. The van der Waals surface area contributed by atoms with E-state index in [0.29, 0.717) is 19.1 Å². The predicted molar refractivity (Wildman–Crippen MR) is 81.0 cm³/mol. The topological polar surface area (TPSA) is 18.5 Å². The Balaban J connectivity index is 1.50. The van der Waals surface area contributed by atoms with E-state index in [-0.39, 0.29) is 5.79 Å². The zero-order valence-electron chi connectivity index (χ0n) is 13.2. The van der Waals surface area contributed by atoms with Gasteiger partial charge in [-0.15, -0.1) is 0 Å². The van der Waals surface area contributed by atoms with E-state index in [0.717, 1.165) is 50.5 Å². The number of hydrogen-bond donors (Lipinski definition) is 0. The molecule has 3 rings (SSSR count). The standard InChI is InChI=1S/C18H23F3O2/c19-18(20,21)16-7-5-15(6-8-16)4-3-14-2-1-10-17(11-9-14)22-12-13-23-17/h5-8,14H,1-4,9-13H2. The number of halogens is 3. The maximum Gasteiger partial charge on any atom is 0.416 e. The van der Waals surface area contributed by atoms with Gasteiger partial charge in [-0.1, -0.05) is 18.6 Å². The van der Waals surface area contributed by atoms with Crippen molar-refractivity contribution >= 4 is 0 Å². The molecule has 1 atom stereocenters. The summed E-state index contributed by atoms with van der Waals surface area (Å²) < 4.78 is 49.3. The van der Waals surface area contributed by atoms with E-state index in [9.17, 15) is 13.2 Å². The second kappa shape index (κ2) is 6.81. The summed E-state index contributed by atoms with van der Waals surface area (Å²) in [5.74, 6) is 0.257. The first-order valence-electron chi connectivity index (χ1n) is 8.41. The Hall–Kier alpha value is -1.07. The lowest BCUT2D eigenvalue weighted by atomic mass is 9.92. The summed E-state index contributed by atoms with van der Waals surface area (Å²) in [6.45, 7) is 1.38. The third-order valence-electron chi connectivity index (χ3n) is 5.04. The minimum Gasteiger partial charge on any atom is -0.348 e. The summed E-state index contributed by atoms with van der Waals surface area (Å²) in [6, 6.07) is 5.56. The molecule has 128 valence electrons. The molecule has 0 radical (unpaired) electrons. The molecule has 1 aromatic rings. The lowest BCUT2D eigenvalue weighted by molar-refractivity contribution is -0.165. The first kappa shape index (κ1) is 16.8. The van der Waals surface area contributed by atoms with Crippen LogP contribution in [0.4, 0.5) is 13.2 Å². The van der Waals surface area contributed by atoms with Crippen LogP contribution >= 0.6 is 0 Å². The van der Waals surface area contributed by atoms with Crippen molar-refractivity contribution in [3.63, 3.8) is 0 Å². The van der Waals surface area contributed by atoms with Crippen molar-refractivity contribution in [1.29, 1.82) is 0 Å². The largest absolute Gasteiger partial charge is 0.416 e. The fourth-order valence-corrected chi connectivity index (χ4v) is 3.66. The van der Waals surface area contributed by atoms with Gasteiger partial charge in [-0.25, -0.2) is 0 Å². The molecule has 2 fully saturated rings. The number of ether oxygens (including phenoxy) is 2. The SMILES string of the molecule is FC(F)(F)c1ccc(CCC2CCCC3(CC2)OCCO3)cc1. The van der Waals surface area contributed by atoms with Crippen LogP contribution in [0.15, 0.2) is 24.3 Å². The average Bonchev–Trinajstić information content (AvgIpc) is 2.88. The van der Waals surface area contributed by atoms with Gasteiger partial charge in [-0.3, -0.25) is 0 Å². The van der Waals surface area contributed by atoms with E-state index in [2.05, 4.69) is 0 Å². The highest BCUT2D eigenvalue weighted by atomic mass is 19.4. The minimum absolute atomic E-state index is 0.344. The van der Waals surface area contributed by atoms with Gasteiger partial charge in [0.2, 0.25) is 0 Å². The van der Waals surface area contributed by atoms with Crippen molar-refractivity contribution in [2.24, 2.45) is 5.92 Å². The summed E-state index contributed by atoms with van der Waals surface area (Å²) >= 11 is 0. The van der Waals surface area contributed by atoms with Crippen LogP contribution in [-0.2, 0) is 22.1 Å². The van der Waals surface area contributed by atoms with Crippen molar-refractivity contribution in [2.75, 3.05) is 13.2 Å². The summed E-state index contributed by atoms with van der Waals surface area (Å²) in [6.07, 6.45) is 2.80. The molecule has 0 bridgehead atoms. The fraction of sp³-hybridized carbons (Fsp3) is 0.667. The Kier molecular flexibility index (Phi) is 4.97. The zero-order valence-corrected chi connectivity index (χ0v) is 13.2. The molecule has 1 heterocycles. The van der Waals surface area contributed by atoms with E-state index in [1.165, 1.54) is 12.1 Å². The first-order chi connectivity index (χ1) is 11.0. The van der Waals surface area contributed by atoms with E-state index >= 15 is 0 Å². The Labute approximate surface area is 135 Å². The predicted octanol–water partition coefficient (Wildman–Crippen LogP) is 4.96. The highest BCUT2D eigenvalue weighted by Crippen LogP contribution is 2.38. The average molecular weight is 328 g/mol. The van der Waals surface area contributed by atoms with Crippen molar-refractivity contribution in [2.45, 2.75) is 56.9 Å². The molecule has 1 spiro atoms. The van der Waals surface area contributed by atoms with Crippen molar-refractivity contribution in [1.82, 2.24) is 0 Å². The van der Waals surface area contributed by atoms with Crippen molar-refractivity contribution in [3.8, 4) is 0 Å². The van der Waals surface area contributed by atoms with Gasteiger partial charge < -0.3 is 9.47 Å². The fourth-order valence-electron chi connectivity index (χ4n) is 3.66. The maximum atomic E-state index is 12.6. The highest BCUT2D eigenvalue weighted by Gasteiger charge is 2.38. The van der Waals surface area contributed by atoms with Gasteiger partial charge in [0, 0.05) is 12.8 Å². The van der Waals surface area contributed by atoms with Crippen LogP contribution in [0.3, 0.4) is 0 Å². The smallest absolute Gasteiger partial charge is 0.348 e. The van der Waals surface area contributed by atoms with Gasteiger partial charge >= 0.3 is 6.18 Å². The van der Waals surface area contributed by atoms with E-state index in [1.54, 1.807) is 12.1 Å². The van der Waals surface area contributed by atoms with E-state index in [4.69, 9.17) is 9.47 Å². The summed E-state index contributed by atoms with van der Waals surface area (Å²) in [5.41, 5.74) is 0.401. The lowest BCUT2D eigenvalue weighted by Gasteiger charge is -2.25. The monoisotopic (exact) mass is 328 g/mol. The lowest BCUT2D eigenvalue weighted by Crippen LogP contribution is -2.29. The van der Waals surface area contributed by atoms with Gasteiger partial charge in [-0.05, 0) is 49.3 Å². The number of alkyl halides is 3. The van der Waals surface area contributed by atoms with Crippen LogP contribution in [0.25, 0.3) is 0 Å². The van der Waals surface area contributed by atoms with E-state index in [1.807, 2.05) is 0 Å². The van der Waals surface area contributed by atoms with Crippen LogP contribution < -0.4 is 0 Å². The number of aryl methyl sites for hydroxylation is 1. The van der Waals surface area contributed by atoms with Crippen LogP contribution in [0, 0.1) is 5.92 Å². The zero-order chi connectivity index (χ0) is 16.3. The third kappa shape index (κ3) is 4.27. The number of hydrogen-bond acceptors (Lipinski definition) is 2. The molecule has 5 heteroatoms. The van der Waals surface area contributed by atoms with Crippen molar-refractivity contribution < 1.29 is 22.6 Å². The van der Waals surface area contributed by atoms with Crippen molar-refractivity contribution in [3.05, 3.63) is 35.4 Å². The second-order valence-corrected chi connectivity index (χ2v) is 6.64. The summed E-state index contributed by atoms with van der Waals surface area (Å²) in [5, 5.41) is 0. The van der Waals surface area contributed by atoms with Gasteiger partial charge in [-0.2, -0.15) is 13.2 Å². The molecule has 1 saturated heterocycles. The Bertz CT molecular complexity index is 504. The molecule has 2 aliphatic rings.